The van der Waals surface area contributed by atoms with Crippen molar-refractivity contribution in [2.24, 2.45) is 0 Å². The normalized spacial score (nSPS) is 25.0. The lowest BCUT2D eigenvalue weighted by Gasteiger charge is -2.52. The Hall–Kier alpha value is -2.53. The van der Waals surface area contributed by atoms with Crippen LogP contribution in [-0.4, -0.2) is 43.0 Å². The summed E-state index contributed by atoms with van der Waals surface area (Å²) in [4.78, 5) is 17.2. The maximum Gasteiger partial charge on any atom is 0.225 e. The quantitative estimate of drug-likeness (QED) is 0.833. The smallest absolute Gasteiger partial charge is 0.225 e. The molecular formula is C22H26N2O3. The maximum absolute atomic E-state index is 12.9. The van der Waals surface area contributed by atoms with Crippen LogP contribution in [0.15, 0.2) is 42.5 Å². The Bertz CT molecular complexity index is 852. The van der Waals surface area contributed by atoms with Crippen LogP contribution < -0.4 is 9.47 Å². The lowest BCUT2D eigenvalue weighted by atomic mass is 9.83. The van der Waals surface area contributed by atoms with Crippen molar-refractivity contribution in [1.82, 2.24) is 9.80 Å². The van der Waals surface area contributed by atoms with Gasteiger partial charge in [-0.1, -0.05) is 30.3 Å². The van der Waals surface area contributed by atoms with Gasteiger partial charge in [0.15, 0.2) is 11.5 Å². The van der Waals surface area contributed by atoms with Gasteiger partial charge in [-0.05, 0) is 42.2 Å². The van der Waals surface area contributed by atoms with Gasteiger partial charge in [0, 0.05) is 25.6 Å². The molecule has 1 saturated heterocycles. The molecule has 0 saturated carbocycles. The number of methoxy groups -OCH3 is 2. The van der Waals surface area contributed by atoms with Crippen molar-refractivity contribution >= 4 is 5.91 Å². The Morgan fingerprint density at radius 1 is 1.00 bits per heavy atom. The van der Waals surface area contributed by atoms with Crippen LogP contribution in [0.2, 0.25) is 0 Å². The van der Waals surface area contributed by atoms with Gasteiger partial charge in [-0.2, -0.15) is 0 Å². The molecule has 0 aliphatic carbocycles. The highest BCUT2D eigenvalue weighted by molar-refractivity contribution is 5.78. The summed E-state index contributed by atoms with van der Waals surface area (Å²) >= 11 is 0. The fraction of sp³-hybridized carbons (Fsp3) is 0.409. The predicted octanol–water partition coefficient (Wildman–Crippen LogP) is 3.55. The molecule has 142 valence electrons. The molecule has 2 aliphatic heterocycles. The molecule has 2 heterocycles. The van der Waals surface area contributed by atoms with Crippen LogP contribution in [0.5, 0.6) is 11.5 Å². The summed E-state index contributed by atoms with van der Waals surface area (Å²) in [5.41, 5.74) is 3.56. The molecule has 0 unspecified atom stereocenters. The van der Waals surface area contributed by atoms with Crippen molar-refractivity contribution in [3.8, 4) is 11.5 Å². The number of benzene rings is 2. The van der Waals surface area contributed by atoms with Crippen LogP contribution in [0.1, 0.15) is 42.2 Å². The lowest BCUT2D eigenvalue weighted by Crippen LogP contribution is -2.55. The number of ether oxygens (including phenoxy) is 2. The summed E-state index contributed by atoms with van der Waals surface area (Å²) in [7, 11) is 5.22. The van der Waals surface area contributed by atoms with Gasteiger partial charge < -0.3 is 14.4 Å². The SMILES string of the molecule is COc1cc2c(cc1OC)[C@H]1CC(=O)N(C)[C@@H](c3ccccc3)N1[C@@H](C)C2. The Morgan fingerprint density at radius 3 is 2.33 bits per heavy atom. The van der Waals surface area contributed by atoms with E-state index >= 15 is 0 Å². The first kappa shape index (κ1) is 17.9. The van der Waals surface area contributed by atoms with Crippen molar-refractivity contribution in [1.29, 1.82) is 0 Å². The van der Waals surface area contributed by atoms with E-state index in [1.165, 1.54) is 11.1 Å². The second kappa shape index (κ2) is 6.89. The maximum atomic E-state index is 12.9. The summed E-state index contributed by atoms with van der Waals surface area (Å²) < 4.78 is 11.0. The average molecular weight is 366 g/mol. The van der Waals surface area contributed by atoms with E-state index in [-0.39, 0.29) is 18.1 Å². The number of carbonyl (C=O) groups is 1. The van der Waals surface area contributed by atoms with Crippen LogP contribution in [0.25, 0.3) is 0 Å². The van der Waals surface area contributed by atoms with Crippen molar-refractivity contribution in [2.75, 3.05) is 21.3 Å². The molecule has 0 radical (unpaired) electrons. The van der Waals surface area contributed by atoms with Gasteiger partial charge in [0.1, 0.15) is 6.17 Å². The minimum atomic E-state index is -0.0614. The van der Waals surface area contributed by atoms with Gasteiger partial charge in [-0.25, -0.2) is 0 Å². The number of nitrogens with zero attached hydrogens (tertiary/aromatic N) is 2. The van der Waals surface area contributed by atoms with Gasteiger partial charge in [-0.3, -0.25) is 9.69 Å². The Kier molecular flexibility index (Phi) is 4.56. The molecule has 2 aromatic carbocycles. The van der Waals surface area contributed by atoms with Crippen LogP contribution in [-0.2, 0) is 11.2 Å². The molecule has 0 aromatic heterocycles. The first-order valence-electron chi connectivity index (χ1n) is 9.38. The summed E-state index contributed by atoms with van der Waals surface area (Å²) in [5, 5.41) is 0. The molecule has 5 nitrogen and oxygen atoms in total. The number of amides is 1. The van der Waals surface area contributed by atoms with Crippen LogP contribution in [0.3, 0.4) is 0 Å². The monoisotopic (exact) mass is 366 g/mol. The van der Waals surface area contributed by atoms with Crippen LogP contribution >= 0.6 is 0 Å². The van der Waals surface area contributed by atoms with E-state index in [0.29, 0.717) is 18.2 Å². The summed E-state index contributed by atoms with van der Waals surface area (Å²) in [6.45, 7) is 2.24. The molecule has 3 atom stereocenters. The van der Waals surface area contributed by atoms with E-state index in [2.05, 4.69) is 36.1 Å². The second-order valence-corrected chi connectivity index (χ2v) is 7.42. The summed E-state index contributed by atoms with van der Waals surface area (Å²) in [6.07, 6.45) is 1.33. The largest absolute Gasteiger partial charge is 0.493 e. The number of rotatable bonds is 3. The van der Waals surface area contributed by atoms with Crippen molar-refractivity contribution in [3.05, 3.63) is 59.2 Å². The summed E-state index contributed by atoms with van der Waals surface area (Å²) in [5.74, 6) is 1.63. The molecule has 0 N–H and O–H groups in total. The third kappa shape index (κ3) is 2.86. The fourth-order valence-electron chi connectivity index (χ4n) is 4.61. The van der Waals surface area contributed by atoms with E-state index in [4.69, 9.17) is 9.47 Å². The Balaban J connectivity index is 1.83. The highest BCUT2D eigenvalue weighted by atomic mass is 16.5. The van der Waals surface area contributed by atoms with Crippen molar-refractivity contribution in [2.45, 2.75) is 38.0 Å². The number of carbonyl (C=O) groups excluding carboxylic acids is 1. The average Bonchev–Trinajstić information content (AvgIpc) is 2.69. The van der Waals surface area contributed by atoms with Gasteiger partial charge in [0.25, 0.3) is 0 Å². The van der Waals surface area contributed by atoms with Gasteiger partial charge >= 0.3 is 0 Å². The lowest BCUT2D eigenvalue weighted by molar-refractivity contribution is -0.151. The zero-order chi connectivity index (χ0) is 19.1. The molecule has 27 heavy (non-hydrogen) atoms. The first-order chi connectivity index (χ1) is 13.0. The van der Waals surface area contributed by atoms with E-state index in [9.17, 15) is 4.79 Å². The molecule has 2 aliphatic rings. The predicted molar refractivity (Wildman–Crippen MR) is 104 cm³/mol. The number of hydrogen-bond donors (Lipinski definition) is 0. The van der Waals surface area contributed by atoms with Gasteiger partial charge in [-0.15, -0.1) is 0 Å². The molecule has 1 fully saturated rings. The minimum absolute atomic E-state index is 0.0393. The Labute approximate surface area is 160 Å². The topological polar surface area (TPSA) is 42.0 Å². The Morgan fingerprint density at radius 2 is 1.67 bits per heavy atom. The first-order valence-corrected chi connectivity index (χ1v) is 9.38. The van der Waals surface area contributed by atoms with E-state index < -0.39 is 0 Å². The molecule has 4 rings (SSSR count). The minimum Gasteiger partial charge on any atom is -0.493 e. The molecule has 2 aromatic rings. The van der Waals surface area contributed by atoms with E-state index in [1.807, 2.05) is 30.1 Å². The third-order valence-electron chi connectivity index (χ3n) is 5.90. The van der Waals surface area contributed by atoms with E-state index in [1.54, 1.807) is 14.2 Å². The standard InChI is InChI=1S/C22H26N2O3/c1-14-10-16-11-19(26-3)20(27-4)12-17(16)18-13-21(25)23(2)22(24(14)18)15-8-6-5-7-9-15/h5-9,11-12,14,18,22H,10,13H2,1-4H3/t14-,18+,22+/m0/s1. The fourth-order valence-corrected chi connectivity index (χ4v) is 4.61. The van der Waals surface area contributed by atoms with Crippen LogP contribution in [0, 0.1) is 0 Å². The zero-order valence-corrected chi connectivity index (χ0v) is 16.3. The molecule has 1 amide bonds. The van der Waals surface area contributed by atoms with Gasteiger partial charge in [0.2, 0.25) is 5.91 Å². The van der Waals surface area contributed by atoms with Gasteiger partial charge in [0.05, 0.1) is 14.2 Å². The number of fused-ring (bicyclic) bond motifs is 3. The molecule has 0 spiro atoms. The van der Waals surface area contributed by atoms with E-state index in [0.717, 1.165) is 17.7 Å². The van der Waals surface area contributed by atoms with Crippen molar-refractivity contribution in [3.63, 3.8) is 0 Å². The number of hydrogen-bond acceptors (Lipinski definition) is 4. The highest BCUT2D eigenvalue weighted by Gasteiger charge is 2.45. The summed E-state index contributed by atoms with van der Waals surface area (Å²) in [6, 6.07) is 14.8. The highest BCUT2D eigenvalue weighted by Crippen LogP contribution is 2.47. The molecule has 5 heteroatoms. The zero-order valence-electron chi connectivity index (χ0n) is 16.3. The van der Waals surface area contributed by atoms with Crippen molar-refractivity contribution < 1.29 is 14.3 Å². The third-order valence-corrected chi connectivity index (χ3v) is 5.90. The van der Waals surface area contributed by atoms with Crippen LogP contribution in [0.4, 0.5) is 0 Å². The second-order valence-electron chi connectivity index (χ2n) is 7.42. The molecule has 0 bridgehead atoms. The molecular weight excluding hydrogens is 340 g/mol.